The molecule has 2 rings (SSSR count). The van der Waals surface area contributed by atoms with Crippen LogP contribution in [0.4, 0.5) is 4.79 Å². The van der Waals surface area contributed by atoms with Crippen LogP contribution in [0.5, 0.6) is 0 Å². The lowest BCUT2D eigenvalue weighted by molar-refractivity contribution is -0.117. The molecule has 8 heteroatoms. The monoisotopic (exact) mass is 299 g/mol. The van der Waals surface area contributed by atoms with Crippen molar-refractivity contribution in [1.82, 2.24) is 15.6 Å². The maximum absolute atomic E-state index is 11.4. The Kier molecular flexibility index (Phi) is 4.28. The Labute approximate surface area is 117 Å². The highest BCUT2D eigenvalue weighted by atomic mass is 35.5. The van der Waals surface area contributed by atoms with E-state index in [-0.39, 0.29) is 5.75 Å². The zero-order valence-electron chi connectivity index (χ0n) is 9.90. The smallest absolute Gasteiger partial charge is 0.321 e. The quantitative estimate of drug-likeness (QED) is 0.847. The molecule has 0 bridgehead atoms. The van der Waals surface area contributed by atoms with Gasteiger partial charge in [-0.25, -0.2) is 9.78 Å². The number of rotatable bonds is 3. The maximum atomic E-state index is 11.4. The third kappa shape index (κ3) is 3.62. The van der Waals surface area contributed by atoms with Crippen molar-refractivity contribution in [3.8, 4) is 0 Å². The van der Waals surface area contributed by atoms with E-state index in [4.69, 9.17) is 16.0 Å². The Morgan fingerprint density at radius 1 is 1.47 bits per heavy atom. The third-order valence-corrected chi connectivity index (χ3v) is 3.20. The van der Waals surface area contributed by atoms with Crippen molar-refractivity contribution in [1.29, 1.82) is 0 Å². The Hall–Kier alpha value is -1.73. The van der Waals surface area contributed by atoms with Crippen LogP contribution < -0.4 is 10.6 Å². The molecule has 0 atom stereocenters. The van der Waals surface area contributed by atoms with Crippen LogP contribution in [0.1, 0.15) is 0 Å². The zero-order chi connectivity index (χ0) is 13.8. The highest BCUT2D eigenvalue weighted by Gasteiger charge is 2.11. The molecule has 1 aromatic heterocycles. The van der Waals surface area contributed by atoms with Gasteiger partial charge in [0.05, 0.1) is 5.75 Å². The molecule has 0 aliphatic carbocycles. The number of thioether (sulfide) groups is 1. The number of benzene rings is 1. The predicted molar refractivity (Wildman–Crippen MR) is 72.3 cm³/mol. The van der Waals surface area contributed by atoms with E-state index in [1.54, 1.807) is 18.2 Å². The SMILES string of the molecule is CNC(=O)NC(=O)CSc1nc2cc(Cl)ccc2o1. The Morgan fingerprint density at radius 2 is 2.26 bits per heavy atom. The normalized spacial score (nSPS) is 10.4. The number of hydrogen-bond donors (Lipinski definition) is 2. The fourth-order valence-corrected chi connectivity index (χ4v) is 2.10. The van der Waals surface area contributed by atoms with E-state index >= 15 is 0 Å². The molecule has 1 aromatic carbocycles. The highest BCUT2D eigenvalue weighted by molar-refractivity contribution is 7.99. The molecule has 19 heavy (non-hydrogen) atoms. The minimum atomic E-state index is -0.546. The number of urea groups is 1. The van der Waals surface area contributed by atoms with Crippen molar-refractivity contribution >= 4 is 46.4 Å². The van der Waals surface area contributed by atoms with Crippen LogP contribution in [0.2, 0.25) is 5.02 Å². The summed E-state index contributed by atoms with van der Waals surface area (Å²) in [6.07, 6.45) is 0. The summed E-state index contributed by atoms with van der Waals surface area (Å²) in [6, 6.07) is 4.53. The number of nitrogens with one attached hydrogen (secondary N) is 2. The Balaban J connectivity index is 1.98. The molecule has 1 heterocycles. The summed E-state index contributed by atoms with van der Waals surface area (Å²) in [4.78, 5) is 26.5. The number of amides is 3. The van der Waals surface area contributed by atoms with Crippen LogP contribution in [0.15, 0.2) is 27.8 Å². The molecule has 0 unspecified atom stereocenters. The van der Waals surface area contributed by atoms with E-state index in [1.807, 2.05) is 0 Å². The molecular weight excluding hydrogens is 290 g/mol. The van der Waals surface area contributed by atoms with Crippen molar-refractivity contribution in [3.05, 3.63) is 23.2 Å². The lowest BCUT2D eigenvalue weighted by atomic mass is 10.3. The highest BCUT2D eigenvalue weighted by Crippen LogP contribution is 2.25. The summed E-state index contributed by atoms with van der Waals surface area (Å²) in [6.45, 7) is 0. The average Bonchev–Trinajstić information content (AvgIpc) is 2.78. The molecule has 0 saturated carbocycles. The van der Waals surface area contributed by atoms with Gasteiger partial charge in [0.1, 0.15) is 5.52 Å². The number of imide groups is 1. The van der Waals surface area contributed by atoms with Crippen LogP contribution in [0, 0.1) is 0 Å². The molecule has 0 saturated heterocycles. The molecule has 0 fully saturated rings. The summed E-state index contributed by atoms with van der Waals surface area (Å²) in [5.74, 6) is -0.391. The first-order valence-corrected chi connectivity index (χ1v) is 6.65. The number of halogens is 1. The number of carbonyl (C=O) groups is 2. The minimum absolute atomic E-state index is 0.0357. The van der Waals surface area contributed by atoms with Gasteiger partial charge in [-0.05, 0) is 18.2 Å². The first kappa shape index (κ1) is 13.7. The van der Waals surface area contributed by atoms with Gasteiger partial charge < -0.3 is 9.73 Å². The van der Waals surface area contributed by atoms with Crippen molar-refractivity contribution in [3.63, 3.8) is 0 Å². The summed E-state index contributed by atoms with van der Waals surface area (Å²) in [5.41, 5.74) is 1.22. The van der Waals surface area contributed by atoms with Crippen LogP contribution in [-0.2, 0) is 4.79 Å². The lowest BCUT2D eigenvalue weighted by Gasteiger charge is -2.00. The van der Waals surface area contributed by atoms with Crippen LogP contribution in [0.25, 0.3) is 11.1 Å². The van der Waals surface area contributed by atoms with Crippen LogP contribution >= 0.6 is 23.4 Å². The van der Waals surface area contributed by atoms with Gasteiger partial charge in [-0.15, -0.1) is 0 Å². The second-order valence-corrected chi connectivity index (χ2v) is 4.87. The lowest BCUT2D eigenvalue weighted by Crippen LogP contribution is -2.38. The number of hydrogen-bond acceptors (Lipinski definition) is 5. The number of aromatic nitrogens is 1. The van der Waals surface area contributed by atoms with Gasteiger partial charge >= 0.3 is 6.03 Å². The maximum Gasteiger partial charge on any atom is 0.321 e. The van der Waals surface area contributed by atoms with E-state index in [0.29, 0.717) is 21.3 Å². The largest absolute Gasteiger partial charge is 0.431 e. The van der Waals surface area contributed by atoms with Gasteiger partial charge in [-0.3, -0.25) is 10.1 Å². The van der Waals surface area contributed by atoms with Gasteiger partial charge in [0, 0.05) is 12.1 Å². The molecule has 6 nitrogen and oxygen atoms in total. The molecule has 0 aliphatic rings. The van der Waals surface area contributed by atoms with Gasteiger partial charge in [-0.2, -0.15) is 0 Å². The number of carbonyl (C=O) groups excluding carboxylic acids is 2. The van der Waals surface area contributed by atoms with Gasteiger partial charge in [-0.1, -0.05) is 23.4 Å². The van der Waals surface area contributed by atoms with Crippen molar-refractivity contribution < 1.29 is 14.0 Å². The summed E-state index contributed by atoms with van der Waals surface area (Å²) >= 11 is 6.93. The first-order chi connectivity index (χ1) is 9.08. The van der Waals surface area contributed by atoms with Crippen LogP contribution in [0.3, 0.4) is 0 Å². The van der Waals surface area contributed by atoms with Crippen LogP contribution in [-0.4, -0.2) is 29.7 Å². The second-order valence-electron chi connectivity index (χ2n) is 3.51. The van der Waals surface area contributed by atoms with E-state index in [0.717, 1.165) is 11.8 Å². The number of fused-ring (bicyclic) bond motifs is 1. The van der Waals surface area contributed by atoms with Gasteiger partial charge in [0.15, 0.2) is 5.58 Å². The average molecular weight is 300 g/mol. The molecule has 100 valence electrons. The van der Waals surface area contributed by atoms with E-state index in [1.165, 1.54) is 7.05 Å². The molecule has 0 radical (unpaired) electrons. The van der Waals surface area contributed by atoms with Crippen molar-refractivity contribution in [2.75, 3.05) is 12.8 Å². The van der Waals surface area contributed by atoms with Crippen molar-refractivity contribution in [2.24, 2.45) is 0 Å². The Morgan fingerprint density at radius 3 is 3.00 bits per heavy atom. The standard InChI is InChI=1S/C11H10ClN3O3S/c1-13-10(17)15-9(16)5-19-11-14-7-4-6(12)2-3-8(7)18-11/h2-4H,5H2,1H3,(H2,13,15,16,17). The fourth-order valence-electron chi connectivity index (χ4n) is 1.29. The zero-order valence-corrected chi connectivity index (χ0v) is 11.5. The summed E-state index contributed by atoms with van der Waals surface area (Å²) < 4.78 is 5.42. The molecule has 0 spiro atoms. The molecular formula is C11H10ClN3O3S. The third-order valence-electron chi connectivity index (χ3n) is 2.14. The van der Waals surface area contributed by atoms with Crippen molar-refractivity contribution in [2.45, 2.75) is 5.22 Å². The first-order valence-electron chi connectivity index (χ1n) is 5.29. The fraction of sp³-hybridized carbons (Fsp3) is 0.182. The molecule has 3 amide bonds. The number of oxazole rings is 1. The molecule has 2 N–H and O–H groups in total. The van der Waals surface area contributed by atoms with Gasteiger partial charge in [0.2, 0.25) is 5.91 Å². The predicted octanol–water partition coefficient (Wildman–Crippen LogP) is 2.03. The summed E-state index contributed by atoms with van der Waals surface area (Å²) in [7, 11) is 1.43. The number of nitrogens with zero attached hydrogens (tertiary/aromatic N) is 1. The molecule has 2 aromatic rings. The Bertz CT molecular complexity index is 629. The topological polar surface area (TPSA) is 84.2 Å². The minimum Gasteiger partial charge on any atom is -0.431 e. The summed E-state index contributed by atoms with van der Waals surface area (Å²) in [5, 5.41) is 5.35. The van der Waals surface area contributed by atoms with E-state index in [2.05, 4.69) is 15.6 Å². The molecule has 0 aliphatic heterocycles. The second kappa shape index (κ2) is 5.94. The van der Waals surface area contributed by atoms with Gasteiger partial charge in [0.25, 0.3) is 5.22 Å². The van der Waals surface area contributed by atoms with E-state index < -0.39 is 11.9 Å². The van der Waals surface area contributed by atoms with E-state index in [9.17, 15) is 9.59 Å².